The van der Waals surface area contributed by atoms with Crippen molar-refractivity contribution in [3.8, 4) is 0 Å². The summed E-state index contributed by atoms with van der Waals surface area (Å²) in [5, 5.41) is 9.72. The highest BCUT2D eigenvalue weighted by Gasteiger charge is 2.55. The molecule has 0 saturated carbocycles. The third-order valence-electron chi connectivity index (χ3n) is 5.04. The van der Waals surface area contributed by atoms with E-state index in [4.69, 9.17) is 15.2 Å². The quantitative estimate of drug-likeness (QED) is 0.407. The lowest BCUT2D eigenvalue weighted by atomic mass is 9.79. The Bertz CT molecular complexity index is 1030. The zero-order chi connectivity index (χ0) is 20.0. The first-order valence-corrected chi connectivity index (χ1v) is 8.55. The fourth-order valence-corrected chi connectivity index (χ4v) is 3.73. The second-order valence-corrected chi connectivity index (χ2v) is 6.64. The molecule has 28 heavy (non-hydrogen) atoms. The van der Waals surface area contributed by atoms with Gasteiger partial charge in [0.05, 0.1) is 24.0 Å². The highest BCUT2D eigenvalue weighted by atomic mass is 16.6. The lowest BCUT2D eigenvalue weighted by Crippen LogP contribution is -2.43. The Balaban J connectivity index is 1.40. The Hall–Kier alpha value is -3.35. The van der Waals surface area contributed by atoms with Gasteiger partial charge in [-0.1, -0.05) is 5.21 Å². The minimum atomic E-state index is -0.782. The molecule has 0 spiro atoms. The van der Waals surface area contributed by atoms with Gasteiger partial charge in [0.15, 0.2) is 18.1 Å². The SMILES string of the molecule is Cn1nnc2c(C(=O)NCOC(=O)C3C4CCC(O4)C3C(N)=O)ncn2c1=O. The first-order valence-electron chi connectivity index (χ1n) is 8.55. The number of nitrogens with two attached hydrogens (primary N) is 1. The molecular formula is C15H17N7O6. The molecule has 2 aromatic rings. The van der Waals surface area contributed by atoms with Gasteiger partial charge in [0.1, 0.15) is 6.33 Å². The van der Waals surface area contributed by atoms with E-state index in [-0.39, 0.29) is 17.4 Å². The predicted molar refractivity (Wildman–Crippen MR) is 88.5 cm³/mol. The summed E-state index contributed by atoms with van der Waals surface area (Å²) in [7, 11) is 1.41. The van der Waals surface area contributed by atoms with Crippen molar-refractivity contribution in [3.63, 3.8) is 0 Å². The van der Waals surface area contributed by atoms with Crippen LogP contribution in [0.1, 0.15) is 23.3 Å². The number of aryl methyl sites for hydroxylation is 1. The monoisotopic (exact) mass is 391 g/mol. The van der Waals surface area contributed by atoms with E-state index in [1.165, 1.54) is 7.05 Å². The van der Waals surface area contributed by atoms with Crippen LogP contribution in [0.25, 0.3) is 5.65 Å². The van der Waals surface area contributed by atoms with Crippen molar-refractivity contribution in [2.45, 2.75) is 25.0 Å². The Morgan fingerprint density at radius 2 is 2.04 bits per heavy atom. The number of hydrogen-bond donors (Lipinski definition) is 2. The third-order valence-corrected chi connectivity index (χ3v) is 5.04. The van der Waals surface area contributed by atoms with E-state index in [1.54, 1.807) is 0 Å². The van der Waals surface area contributed by atoms with E-state index in [2.05, 4.69) is 20.6 Å². The van der Waals surface area contributed by atoms with E-state index < -0.39 is 48.1 Å². The van der Waals surface area contributed by atoms with Gasteiger partial charge in [0, 0.05) is 7.05 Å². The third kappa shape index (κ3) is 2.79. The van der Waals surface area contributed by atoms with E-state index in [0.29, 0.717) is 12.8 Å². The van der Waals surface area contributed by atoms with Gasteiger partial charge < -0.3 is 20.5 Å². The van der Waals surface area contributed by atoms with Crippen molar-refractivity contribution in [1.82, 2.24) is 29.7 Å². The van der Waals surface area contributed by atoms with Gasteiger partial charge in [-0.3, -0.25) is 14.4 Å². The Labute approximate surface area is 156 Å². The van der Waals surface area contributed by atoms with Gasteiger partial charge in [-0.2, -0.15) is 4.68 Å². The highest BCUT2D eigenvalue weighted by Crippen LogP contribution is 2.43. The van der Waals surface area contributed by atoms with Crippen LogP contribution in [-0.4, -0.2) is 61.1 Å². The molecule has 0 aromatic carbocycles. The van der Waals surface area contributed by atoms with Crippen molar-refractivity contribution in [2.75, 3.05) is 6.73 Å². The lowest BCUT2D eigenvalue weighted by Gasteiger charge is -2.23. The van der Waals surface area contributed by atoms with Gasteiger partial charge in [0.25, 0.3) is 5.91 Å². The molecule has 2 aliphatic heterocycles. The summed E-state index contributed by atoms with van der Waals surface area (Å²) in [5.41, 5.74) is 4.70. The number of fused-ring (bicyclic) bond motifs is 3. The minimum Gasteiger partial charge on any atom is -0.444 e. The average molecular weight is 391 g/mol. The van der Waals surface area contributed by atoms with Crippen LogP contribution in [0, 0.1) is 11.8 Å². The summed E-state index contributed by atoms with van der Waals surface area (Å²) in [6, 6.07) is 0. The maximum atomic E-state index is 12.4. The van der Waals surface area contributed by atoms with E-state index >= 15 is 0 Å². The van der Waals surface area contributed by atoms with Gasteiger partial charge >= 0.3 is 11.7 Å². The summed E-state index contributed by atoms with van der Waals surface area (Å²) in [6.07, 6.45) is 1.70. The molecule has 148 valence electrons. The summed E-state index contributed by atoms with van der Waals surface area (Å²) in [6.45, 7) is -0.450. The molecule has 4 atom stereocenters. The summed E-state index contributed by atoms with van der Waals surface area (Å²) in [5.74, 6) is -3.49. The van der Waals surface area contributed by atoms with E-state index in [0.717, 1.165) is 15.4 Å². The molecule has 2 amide bonds. The number of ether oxygens (including phenoxy) is 2. The zero-order valence-corrected chi connectivity index (χ0v) is 14.8. The summed E-state index contributed by atoms with van der Waals surface area (Å²) >= 11 is 0. The van der Waals surface area contributed by atoms with Crippen LogP contribution >= 0.6 is 0 Å². The van der Waals surface area contributed by atoms with E-state index in [9.17, 15) is 19.2 Å². The Kier molecular flexibility index (Phi) is 4.30. The average Bonchev–Trinajstić information content (AvgIpc) is 3.38. The van der Waals surface area contributed by atoms with Gasteiger partial charge in [-0.25, -0.2) is 14.2 Å². The molecule has 2 aliphatic rings. The number of hydrogen-bond acceptors (Lipinski definition) is 9. The topological polar surface area (TPSA) is 173 Å². The number of rotatable bonds is 5. The number of nitrogens with one attached hydrogen (secondary N) is 1. The van der Waals surface area contributed by atoms with E-state index in [1.807, 2.05) is 0 Å². The summed E-state index contributed by atoms with van der Waals surface area (Å²) < 4.78 is 12.7. The van der Waals surface area contributed by atoms with Crippen LogP contribution in [0.5, 0.6) is 0 Å². The molecule has 4 rings (SSSR count). The number of amides is 2. The number of carbonyl (C=O) groups is 3. The highest BCUT2D eigenvalue weighted by molar-refractivity contribution is 5.97. The number of esters is 1. The summed E-state index contributed by atoms with van der Waals surface area (Å²) in [4.78, 5) is 52.0. The van der Waals surface area contributed by atoms with Crippen LogP contribution in [0.2, 0.25) is 0 Å². The number of aromatic nitrogens is 5. The molecule has 2 fully saturated rings. The van der Waals surface area contributed by atoms with Gasteiger partial charge in [0.2, 0.25) is 5.91 Å². The first kappa shape index (κ1) is 18.0. The molecule has 4 heterocycles. The molecule has 0 aliphatic carbocycles. The molecule has 13 heteroatoms. The number of imidazole rings is 1. The molecular weight excluding hydrogens is 374 g/mol. The van der Waals surface area contributed by atoms with Crippen molar-refractivity contribution in [2.24, 2.45) is 24.6 Å². The fraction of sp³-hybridized carbons (Fsp3) is 0.533. The Morgan fingerprint density at radius 3 is 2.75 bits per heavy atom. The standard InChI is InChI=1S/C15H17N7O6/c1-21-15(26)22-4-17-10(12(22)19-20-21)13(24)18-5-27-14(25)9-7-3-2-6(28-7)8(9)11(16)23/h4,6-9H,2-3,5H2,1H3,(H2,16,23)(H,18,24). The number of carbonyl (C=O) groups excluding carboxylic acids is 3. The number of primary amides is 1. The fourth-order valence-electron chi connectivity index (χ4n) is 3.73. The predicted octanol–water partition coefficient (Wildman–Crippen LogP) is -2.67. The van der Waals surface area contributed by atoms with Crippen molar-refractivity contribution in [3.05, 3.63) is 22.5 Å². The van der Waals surface area contributed by atoms with Crippen LogP contribution in [0.4, 0.5) is 0 Å². The Morgan fingerprint density at radius 1 is 1.32 bits per heavy atom. The molecule has 4 unspecified atom stereocenters. The van der Waals surface area contributed by atoms with Crippen LogP contribution < -0.4 is 16.7 Å². The van der Waals surface area contributed by atoms with Crippen molar-refractivity contribution in [1.29, 1.82) is 0 Å². The maximum absolute atomic E-state index is 12.4. The number of nitrogens with zero attached hydrogens (tertiary/aromatic N) is 5. The zero-order valence-electron chi connectivity index (χ0n) is 14.8. The molecule has 2 aromatic heterocycles. The first-order chi connectivity index (χ1) is 13.4. The molecule has 13 nitrogen and oxygen atoms in total. The van der Waals surface area contributed by atoms with Crippen LogP contribution in [0.3, 0.4) is 0 Å². The minimum absolute atomic E-state index is 0.0257. The second kappa shape index (κ2) is 6.67. The van der Waals surface area contributed by atoms with Crippen LogP contribution in [-0.2, 0) is 26.1 Å². The van der Waals surface area contributed by atoms with Crippen molar-refractivity contribution >= 4 is 23.4 Å². The second-order valence-electron chi connectivity index (χ2n) is 6.64. The maximum Gasteiger partial charge on any atom is 0.352 e. The molecule has 2 saturated heterocycles. The van der Waals surface area contributed by atoms with Crippen molar-refractivity contribution < 1.29 is 23.9 Å². The largest absolute Gasteiger partial charge is 0.444 e. The molecule has 3 N–H and O–H groups in total. The normalized spacial score (nSPS) is 25.8. The van der Waals surface area contributed by atoms with Crippen LogP contribution in [0.15, 0.2) is 11.1 Å². The van der Waals surface area contributed by atoms with Gasteiger partial charge in [-0.05, 0) is 12.8 Å². The smallest absolute Gasteiger partial charge is 0.352 e. The molecule has 0 radical (unpaired) electrons. The van der Waals surface area contributed by atoms with Gasteiger partial charge in [-0.15, -0.1) is 5.10 Å². The molecule has 2 bridgehead atoms. The lowest BCUT2D eigenvalue weighted by molar-refractivity contribution is -0.154.